The molecule has 3 rings (SSSR count). The molecule has 1 aromatic heterocycles. The summed E-state index contributed by atoms with van der Waals surface area (Å²) in [5, 5.41) is 6.95. The van der Waals surface area contributed by atoms with Crippen molar-refractivity contribution in [2.45, 2.75) is 25.4 Å². The predicted molar refractivity (Wildman–Crippen MR) is 133 cm³/mol. The van der Waals surface area contributed by atoms with Gasteiger partial charge in [0.15, 0.2) is 0 Å². The van der Waals surface area contributed by atoms with E-state index in [4.69, 9.17) is 16.3 Å². The lowest BCUT2D eigenvalue weighted by molar-refractivity contribution is -0.141. The highest BCUT2D eigenvalue weighted by molar-refractivity contribution is 6.31. The monoisotopic (exact) mass is 516 g/mol. The molecule has 2 N–H and O–H groups in total. The van der Waals surface area contributed by atoms with Gasteiger partial charge in [-0.05, 0) is 29.5 Å². The molecule has 0 saturated heterocycles. The van der Waals surface area contributed by atoms with Gasteiger partial charge < -0.3 is 19.7 Å². The van der Waals surface area contributed by atoms with Gasteiger partial charge in [-0.1, -0.05) is 48.0 Å². The van der Waals surface area contributed by atoms with E-state index in [-0.39, 0.29) is 31.0 Å². The molecule has 0 saturated carbocycles. The highest BCUT2D eigenvalue weighted by Gasteiger charge is 2.23. The van der Waals surface area contributed by atoms with Crippen molar-refractivity contribution < 1.29 is 28.2 Å². The van der Waals surface area contributed by atoms with Crippen LogP contribution in [-0.2, 0) is 20.8 Å². The minimum atomic E-state index is -0.763. The molecule has 0 unspecified atom stereocenters. The molecule has 0 bridgehead atoms. The number of carbonyl (C=O) groups excluding carboxylic acids is 3. The Kier molecular flexibility index (Phi) is 9.40. The number of likely N-dealkylation sites (N-methyl/N-ethyl adjacent to an activating group) is 1. The second kappa shape index (κ2) is 12.7. The number of fused-ring (bicyclic) bond motifs is 1. The number of methoxy groups -OCH3 is 1. The summed E-state index contributed by atoms with van der Waals surface area (Å²) in [7, 11) is 2.76. The Morgan fingerprint density at radius 1 is 1.14 bits per heavy atom. The molecule has 0 aliphatic rings. The van der Waals surface area contributed by atoms with Crippen LogP contribution in [0.3, 0.4) is 0 Å². The van der Waals surface area contributed by atoms with Crippen LogP contribution >= 0.6 is 11.6 Å². The highest BCUT2D eigenvalue weighted by atomic mass is 35.5. The molecule has 0 spiro atoms. The van der Waals surface area contributed by atoms with Crippen molar-refractivity contribution in [1.29, 1.82) is 0 Å². The lowest BCUT2D eigenvalue weighted by atomic mass is 10.1. The summed E-state index contributed by atoms with van der Waals surface area (Å²) in [4.78, 5) is 42.3. The van der Waals surface area contributed by atoms with Crippen LogP contribution in [0.25, 0.3) is 10.8 Å². The second-order valence-electron chi connectivity index (χ2n) is 7.89. The molecule has 2 aromatic carbocycles. The first-order chi connectivity index (χ1) is 17.3. The Balaban J connectivity index is 1.60. The Labute approximate surface area is 212 Å². The number of nitrogens with one attached hydrogen (secondary N) is 2. The Morgan fingerprint density at radius 3 is 2.64 bits per heavy atom. The maximum Gasteiger partial charge on any atom is 0.412 e. The standard InChI is InChI=1S/C25H26ClFN4O5/c1-31(24(33)29-14-18-8-5-9-20(27)23(18)26)19(10-11-22(32)35-2)15-36-25(34)30-21-12-16-6-3-4-7-17(16)13-28-21/h3-9,12-13,19H,10-11,14-15H2,1-2H3,(H,29,33)(H,28,30,34)/t19-/m0/s1. The Bertz CT molecular complexity index is 1240. The van der Waals surface area contributed by atoms with Crippen molar-refractivity contribution in [1.82, 2.24) is 15.2 Å². The minimum absolute atomic E-state index is 0.00568. The van der Waals surface area contributed by atoms with E-state index in [1.165, 1.54) is 31.2 Å². The van der Waals surface area contributed by atoms with Crippen molar-refractivity contribution in [3.63, 3.8) is 0 Å². The topological polar surface area (TPSA) is 110 Å². The van der Waals surface area contributed by atoms with Gasteiger partial charge in [0.2, 0.25) is 0 Å². The third kappa shape index (κ3) is 7.29. The van der Waals surface area contributed by atoms with Crippen LogP contribution in [0.4, 0.5) is 19.8 Å². The lowest BCUT2D eigenvalue weighted by Gasteiger charge is -2.28. The van der Waals surface area contributed by atoms with E-state index in [9.17, 15) is 18.8 Å². The molecule has 0 radical (unpaired) electrons. The number of urea groups is 1. The fourth-order valence-electron chi connectivity index (χ4n) is 3.39. The normalized spacial score (nSPS) is 11.4. The van der Waals surface area contributed by atoms with Crippen LogP contribution < -0.4 is 10.6 Å². The van der Waals surface area contributed by atoms with Crippen molar-refractivity contribution in [3.8, 4) is 0 Å². The van der Waals surface area contributed by atoms with Gasteiger partial charge in [-0.15, -0.1) is 0 Å². The summed E-state index contributed by atoms with van der Waals surface area (Å²) < 4.78 is 23.6. The SMILES string of the molecule is COC(=O)CC[C@@H](COC(=O)Nc1cc2ccccc2cn1)N(C)C(=O)NCc1cccc(F)c1Cl. The largest absolute Gasteiger partial charge is 0.469 e. The number of nitrogens with zero attached hydrogens (tertiary/aromatic N) is 2. The van der Waals surface area contributed by atoms with Gasteiger partial charge in [-0.3, -0.25) is 10.1 Å². The molecular weight excluding hydrogens is 491 g/mol. The van der Waals surface area contributed by atoms with Crippen LogP contribution in [-0.4, -0.2) is 54.8 Å². The fourth-order valence-corrected chi connectivity index (χ4v) is 3.58. The third-order valence-electron chi connectivity index (χ3n) is 5.51. The zero-order chi connectivity index (χ0) is 26.1. The molecule has 0 aliphatic heterocycles. The van der Waals surface area contributed by atoms with Crippen LogP contribution in [0.2, 0.25) is 5.02 Å². The van der Waals surface area contributed by atoms with Gasteiger partial charge in [-0.25, -0.2) is 19.0 Å². The molecule has 36 heavy (non-hydrogen) atoms. The summed E-state index contributed by atoms with van der Waals surface area (Å²) in [6.45, 7) is -0.209. The summed E-state index contributed by atoms with van der Waals surface area (Å²) in [5.74, 6) is -0.749. The minimum Gasteiger partial charge on any atom is -0.469 e. The maximum atomic E-state index is 13.7. The molecule has 11 heteroatoms. The summed E-state index contributed by atoms with van der Waals surface area (Å²) in [6, 6.07) is 12.4. The second-order valence-corrected chi connectivity index (χ2v) is 8.27. The van der Waals surface area contributed by atoms with E-state index >= 15 is 0 Å². The molecule has 3 amide bonds. The number of halogens is 2. The number of anilines is 1. The number of esters is 1. The quantitative estimate of drug-likeness (QED) is 0.397. The first-order valence-corrected chi connectivity index (χ1v) is 11.4. The molecule has 190 valence electrons. The molecular formula is C25H26ClFN4O5. The molecule has 0 aliphatic carbocycles. The van der Waals surface area contributed by atoms with Crippen molar-refractivity contribution in [2.75, 3.05) is 26.1 Å². The molecule has 1 atom stereocenters. The van der Waals surface area contributed by atoms with Crippen molar-refractivity contribution >= 4 is 46.3 Å². The van der Waals surface area contributed by atoms with Crippen molar-refractivity contribution in [2.24, 2.45) is 0 Å². The number of hydrogen-bond donors (Lipinski definition) is 2. The molecule has 3 aromatic rings. The average Bonchev–Trinajstić information content (AvgIpc) is 2.88. The van der Waals surface area contributed by atoms with E-state index in [0.717, 1.165) is 10.8 Å². The number of aromatic nitrogens is 1. The molecule has 1 heterocycles. The number of rotatable bonds is 9. The van der Waals surface area contributed by atoms with Gasteiger partial charge in [0.25, 0.3) is 0 Å². The number of hydrogen-bond acceptors (Lipinski definition) is 6. The number of benzene rings is 2. The van der Waals surface area contributed by atoms with Gasteiger partial charge in [0.05, 0.1) is 18.2 Å². The maximum absolute atomic E-state index is 13.7. The summed E-state index contributed by atoms with van der Waals surface area (Å²) in [6.07, 6.45) is 1.05. The lowest BCUT2D eigenvalue weighted by Crippen LogP contribution is -2.46. The first kappa shape index (κ1) is 26.7. The third-order valence-corrected chi connectivity index (χ3v) is 5.93. The van der Waals surface area contributed by atoms with E-state index in [1.807, 2.05) is 24.3 Å². The van der Waals surface area contributed by atoms with Crippen LogP contribution in [0.5, 0.6) is 0 Å². The molecule has 0 fully saturated rings. The number of amides is 3. The zero-order valence-corrected chi connectivity index (χ0v) is 20.5. The summed E-state index contributed by atoms with van der Waals surface area (Å²) >= 11 is 5.94. The van der Waals surface area contributed by atoms with Crippen LogP contribution in [0, 0.1) is 5.82 Å². The van der Waals surface area contributed by atoms with E-state index < -0.39 is 30.0 Å². The number of carbonyl (C=O) groups is 3. The van der Waals surface area contributed by atoms with Gasteiger partial charge in [0.1, 0.15) is 18.2 Å². The average molecular weight is 517 g/mol. The van der Waals surface area contributed by atoms with Crippen LogP contribution in [0.15, 0.2) is 54.7 Å². The van der Waals surface area contributed by atoms with Crippen LogP contribution in [0.1, 0.15) is 18.4 Å². The smallest absolute Gasteiger partial charge is 0.412 e. The molecule has 9 nitrogen and oxygen atoms in total. The first-order valence-electron chi connectivity index (χ1n) is 11.1. The van der Waals surface area contributed by atoms with Crippen molar-refractivity contribution in [3.05, 3.63) is 71.1 Å². The Morgan fingerprint density at radius 2 is 1.89 bits per heavy atom. The predicted octanol–water partition coefficient (Wildman–Crippen LogP) is 4.74. The van der Waals surface area contributed by atoms with E-state index in [1.54, 1.807) is 18.3 Å². The number of ether oxygens (including phenoxy) is 2. The van der Waals surface area contributed by atoms with Gasteiger partial charge in [-0.2, -0.15) is 0 Å². The summed E-state index contributed by atoms with van der Waals surface area (Å²) in [5.41, 5.74) is 0.406. The van der Waals surface area contributed by atoms with Gasteiger partial charge >= 0.3 is 18.1 Å². The zero-order valence-electron chi connectivity index (χ0n) is 19.8. The van der Waals surface area contributed by atoms with E-state index in [2.05, 4.69) is 20.4 Å². The number of pyridine rings is 1. The van der Waals surface area contributed by atoms with Gasteiger partial charge in [0, 0.05) is 31.6 Å². The van der Waals surface area contributed by atoms with E-state index in [0.29, 0.717) is 11.4 Å². The highest BCUT2D eigenvalue weighted by Crippen LogP contribution is 2.20. The fraction of sp³-hybridized carbons (Fsp3) is 0.280. The Hall–Kier alpha value is -3.92.